The zero-order chi connectivity index (χ0) is 11.4. The van der Waals surface area contributed by atoms with E-state index in [1.165, 1.54) is 6.07 Å². The van der Waals surface area contributed by atoms with E-state index >= 15 is 0 Å². The van der Waals surface area contributed by atoms with E-state index in [0.717, 1.165) is 17.8 Å². The summed E-state index contributed by atoms with van der Waals surface area (Å²) in [5.41, 5.74) is 1.28. The molecule has 0 saturated heterocycles. The van der Waals surface area contributed by atoms with Gasteiger partial charge in [-0.1, -0.05) is 12.1 Å². The van der Waals surface area contributed by atoms with Gasteiger partial charge in [0.1, 0.15) is 5.82 Å². The second kappa shape index (κ2) is 5.41. The lowest BCUT2D eigenvalue weighted by atomic mass is 10.1. The Balaban J connectivity index is 2.22. The molecule has 1 aromatic heterocycles. The van der Waals surface area contributed by atoms with E-state index in [-0.39, 0.29) is 5.82 Å². The SMILES string of the molecule is Fc1ccccc1-c1csc(CCCCl)n1. The average molecular weight is 256 g/mol. The molecule has 0 amide bonds. The predicted molar refractivity (Wildman–Crippen MR) is 66.5 cm³/mol. The van der Waals surface area contributed by atoms with Gasteiger partial charge in [-0.3, -0.25) is 0 Å². The molecule has 84 valence electrons. The van der Waals surface area contributed by atoms with Gasteiger partial charge in [-0.25, -0.2) is 9.37 Å². The topological polar surface area (TPSA) is 12.9 Å². The van der Waals surface area contributed by atoms with Gasteiger partial charge >= 0.3 is 0 Å². The minimum atomic E-state index is -0.225. The van der Waals surface area contributed by atoms with Gasteiger partial charge in [0, 0.05) is 23.2 Å². The molecule has 1 heterocycles. The van der Waals surface area contributed by atoms with Crippen molar-refractivity contribution in [1.29, 1.82) is 0 Å². The van der Waals surface area contributed by atoms with E-state index < -0.39 is 0 Å². The molecule has 0 aliphatic heterocycles. The molecular formula is C12H11ClFNS. The van der Waals surface area contributed by atoms with Crippen LogP contribution in [0.15, 0.2) is 29.6 Å². The van der Waals surface area contributed by atoms with Crippen LogP contribution in [0.1, 0.15) is 11.4 Å². The van der Waals surface area contributed by atoms with Crippen LogP contribution in [0.3, 0.4) is 0 Å². The van der Waals surface area contributed by atoms with Gasteiger partial charge in [0.05, 0.1) is 10.7 Å². The molecule has 0 N–H and O–H groups in total. The van der Waals surface area contributed by atoms with Crippen LogP contribution in [-0.2, 0) is 6.42 Å². The fourth-order valence-electron chi connectivity index (χ4n) is 1.44. The third kappa shape index (κ3) is 2.60. The second-order valence-corrected chi connectivity index (χ2v) is 4.72. The van der Waals surface area contributed by atoms with E-state index in [4.69, 9.17) is 11.6 Å². The number of aryl methyl sites for hydroxylation is 1. The predicted octanol–water partition coefficient (Wildman–Crippen LogP) is 4.12. The van der Waals surface area contributed by atoms with E-state index in [1.54, 1.807) is 23.5 Å². The first-order chi connectivity index (χ1) is 7.81. The van der Waals surface area contributed by atoms with Crippen molar-refractivity contribution in [2.45, 2.75) is 12.8 Å². The normalized spacial score (nSPS) is 10.6. The van der Waals surface area contributed by atoms with Crippen LogP contribution in [0, 0.1) is 5.82 Å². The van der Waals surface area contributed by atoms with E-state index in [2.05, 4.69) is 4.98 Å². The number of rotatable bonds is 4. The number of alkyl halides is 1. The zero-order valence-corrected chi connectivity index (χ0v) is 10.2. The molecule has 0 unspecified atom stereocenters. The third-order valence-electron chi connectivity index (χ3n) is 2.23. The highest BCUT2D eigenvalue weighted by Gasteiger charge is 2.08. The summed E-state index contributed by atoms with van der Waals surface area (Å²) in [6.07, 6.45) is 1.77. The molecule has 0 spiro atoms. The van der Waals surface area contributed by atoms with Crippen LogP contribution in [0.4, 0.5) is 4.39 Å². The minimum absolute atomic E-state index is 0.225. The van der Waals surface area contributed by atoms with Crippen molar-refractivity contribution in [3.8, 4) is 11.3 Å². The van der Waals surface area contributed by atoms with Crippen molar-refractivity contribution < 1.29 is 4.39 Å². The number of halogens is 2. The fraction of sp³-hybridized carbons (Fsp3) is 0.250. The summed E-state index contributed by atoms with van der Waals surface area (Å²) < 4.78 is 13.5. The highest BCUT2D eigenvalue weighted by atomic mass is 35.5. The Morgan fingerprint density at radius 1 is 1.31 bits per heavy atom. The summed E-state index contributed by atoms with van der Waals surface area (Å²) in [6.45, 7) is 0. The summed E-state index contributed by atoms with van der Waals surface area (Å²) in [6, 6.07) is 6.69. The molecule has 1 aromatic carbocycles. The molecule has 2 rings (SSSR count). The average Bonchev–Trinajstić information content (AvgIpc) is 2.75. The molecule has 4 heteroatoms. The maximum atomic E-state index is 13.5. The smallest absolute Gasteiger partial charge is 0.132 e. The molecule has 0 fully saturated rings. The second-order valence-electron chi connectivity index (χ2n) is 3.40. The quantitative estimate of drug-likeness (QED) is 0.749. The Hall–Kier alpha value is -0.930. The van der Waals surface area contributed by atoms with Crippen LogP contribution in [-0.4, -0.2) is 10.9 Å². The maximum absolute atomic E-state index is 13.5. The molecule has 0 saturated carbocycles. The largest absolute Gasteiger partial charge is 0.241 e. The lowest BCUT2D eigenvalue weighted by molar-refractivity contribution is 0.631. The van der Waals surface area contributed by atoms with Gasteiger partial charge in [0.2, 0.25) is 0 Å². The van der Waals surface area contributed by atoms with Gasteiger partial charge in [-0.05, 0) is 18.6 Å². The summed E-state index contributed by atoms with van der Waals surface area (Å²) >= 11 is 7.17. The summed E-state index contributed by atoms with van der Waals surface area (Å²) in [4.78, 5) is 4.40. The first-order valence-electron chi connectivity index (χ1n) is 5.06. The highest BCUT2D eigenvalue weighted by molar-refractivity contribution is 7.09. The molecule has 1 nitrogen and oxygen atoms in total. The third-order valence-corrected chi connectivity index (χ3v) is 3.40. The van der Waals surface area contributed by atoms with Gasteiger partial charge in [0.15, 0.2) is 0 Å². The number of hydrogen-bond acceptors (Lipinski definition) is 2. The minimum Gasteiger partial charge on any atom is -0.241 e. The van der Waals surface area contributed by atoms with Gasteiger partial charge in [0.25, 0.3) is 0 Å². The molecule has 0 atom stereocenters. The van der Waals surface area contributed by atoms with Crippen LogP contribution in [0.5, 0.6) is 0 Å². The number of nitrogens with zero attached hydrogens (tertiary/aromatic N) is 1. The molecule has 0 aliphatic carbocycles. The fourth-order valence-corrected chi connectivity index (χ4v) is 2.41. The molecular weight excluding hydrogens is 245 g/mol. The van der Waals surface area contributed by atoms with E-state index in [9.17, 15) is 4.39 Å². The number of aromatic nitrogens is 1. The maximum Gasteiger partial charge on any atom is 0.132 e. The van der Waals surface area contributed by atoms with E-state index in [1.807, 2.05) is 11.4 Å². The van der Waals surface area contributed by atoms with Crippen LogP contribution < -0.4 is 0 Å². The van der Waals surface area contributed by atoms with E-state index in [0.29, 0.717) is 17.1 Å². The van der Waals surface area contributed by atoms with Gasteiger partial charge < -0.3 is 0 Å². The molecule has 2 aromatic rings. The lowest BCUT2D eigenvalue weighted by Crippen LogP contribution is -1.87. The molecule has 16 heavy (non-hydrogen) atoms. The van der Waals surface area contributed by atoms with Crippen LogP contribution in [0.2, 0.25) is 0 Å². The summed E-state index contributed by atoms with van der Waals surface area (Å²) in [5.74, 6) is 0.408. The Kier molecular flexibility index (Phi) is 3.91. The number of thiazole rings is 1. The standard InChI is InChI=1S/C12H11ClFNS/c13-7-3-6-12-15-11(8-16-12)9-4-1-2-5-10(9)14/h1-2,4-5,8H,3,6-7H2. The highest BCUT2D eigenvalue weighted by Crippen LogP contribution is 2.24. The van der Waals surface area contributed by atoms with Crippen molar-refractivity contribution in [3.05, 3.63) is 40.5 Å². The van der Waals surface area contributed by atoms with Crippen molar-refractivity contribution in [2.24, 2.45) is 0 Å². The number of benzene rings is 1. The Bertz CT molecular complexity index is 470. The Labute approximate surface area is 103 Å². The first-order valence-corrected chi connectivity index (χ1v) is 6.48. The zero-order valence-electron chi connectivity index (χ0n) is 8.62. The van der Waals surface area contributed by atoms with Crippen molar-refractivity contribution >= 4 is 22.9 Å². The van der Waals surface area contributed by atoms with Crippen LogP contribution >= 0.6 is 22.9 Å². The van der Waals surface area contributed by atoms with Crippen LogP contribution in [0.25, 0.3) is 11.3 Å². The van der Waals surface area contributed by atoms with Crippen molar-refractivity contribution in [1.82, 2.24) is 4.98 Å². The number of hydrogen-bond donors (Lipinski definition) is 0. The van der Waals surface area contributed by atoms with Crippen molar-refractivity contribution in [3.63, 3.8) is 0 Å². The summed E-state index contributed by atoms with van der Waals surface area (Å²) in [7, 11) is 0. The van der Waals surface area contributed by atoms with Gasteiger partial charge in [-0.2, -0.15) is 0 Å². The molecule has 0 radical (unpaired) electrons. The first kappa shape index (κ1) is 11.6. The Morgan fingerprint density at radius 2 is 2.12 bits per heavy atom. The lowest BCUT2D eigenvalue weighted by Gasteiger charge is -1.97. The monoisotopic (exact) mass is 255 g/mol. The van der Waals surface area contributed by atoms with Crippen molar-refractivity contribution in [2.75, 3.05) is 5.88 Å². The van der Waals surface area contributed by atoms with Gasteiger partial charge in [-0.15, -0.1) is 22.9 Å². The Morgan fingerprint density at radius 3 is 2.88 bits per heavy atom. The molecule has 0 bridgehead atoms. The summed E-state index contributed by atoms with van der Waals surface area (Å²) in [5, 5.41) is 2.90. The molecule has 0 aliphatic rings.